The highest BCUT2D eigenvalue weighted by Crippen LogP contribution is 2.38. The molecule has 1 aliphatic rings. The van der Waals surface area contributed by atoms with Crippen LogP contribution >= 0.6 is 11.3 Å². The van der Waals surface area contributed by atoms with Crippen molar-refractivity contribution in [2.45, 2.75) is 64.4 Å². The normalized spacial score (nSPS) is 15.3. The molecule has 3 nitrogen and oxygen atoms in total. The number of benzene rings is 1. The molecule has 1 unspecified atom stereocenters. The van der Waals surface area contributed by atoms with Crippen LogP contribution < -0.4 is 4.74 Å². The predicted molar refractivity (Wildman–Crippen MR) is 94.7 cm³/mol. The Hall–Kier alpha value is -1.55. The molecule has 1 N–H and O–H groups in total. The van der Waals surface area contributed by atoms with Crippen molar-refractivity contribution in [2.24, 2.45) is 0 Å². The smallest absolute Gasteiger partial charge is 0.344 e. The number of aryl methyl sites for hydroxylation is 2. The molecule has 1 heterocycles. The number of fused-ring (bicyclic) bond motifs is 3. The molecule has 0 spiro atoms. The average molecular weight is 332 g/mol. The van der Waals surface area contributed by atoms with Crippen molar-refractivity contribution in [3.8, 4) is 5.75 Å². The monoisotopic (exact) mass is 332 g/mol. The van der Waals surface area contributed by atoms with Crippen molar-refractivity contribution >= 4 is 27.4 Å². The fourth-order valence-electron chi connectivity index (χ4n) is 3.29. The van der Waals surface area contributed by atoms with Gasteiger partial charge in [-0.25, -0.2) is 4.79 Å². The molecule has 0 bridgehead atoms. The SMILES string of the molecule is CCCCCC(Oc1ccc2c3c(sc2c1)CCCC3)C(=O)O. The maximum absolute atomic E-state index is 11.4. The first kappa shape index (κ1) is 16.3. The second-order valence-electron chi connectivity index (χ2n) is 6.31. The van der Waals surface area contributed by atoms with Crippen LogP contribution in [0.3, 0.4) is 0 Å². The maximum atomic E-state index is 11.4. The van der Waals surface area contributed by atoms with E-state index in [9.17, 15) is 9.90 Å². The number of carboxylic acid groups (broad SMARTS) is 1. The van der Waals surface area contributed by atoms with E-state index >= 15 is 0 Å². The van der Waals surface area contributed by atoms with Crippen LogP contribution in [0.2, 0.25) is 0 Å². The largest absolute Gasteiger partial charge is 0.479 e. The topological polar surface area (TPSA) is 46.5 Å². The molecule has 2 aromatic rings. The zero-order valence-electron chi connectivity index (χ0n) is 13.6. The van der Waals surface area contributed by atoms with Gasteiger partial charge < -0.3 is 9.84 Å². The number of carboxylic acids is 1. The molecule has 0 radical (unpaired) electrons. The third kappa shape index (κ3) is 3.69. The number of carbonyl (C=O) groups is 1. The maximum Gasteiger partial charge on any atom is 0.344 e. The predicted octanol–water partition coefficient (Wildman–Crippen LogP) is 5.19. The van der Waals surface area contributed by atoms with Gasteiger partial charge in [0.2, 0.25) is 0 Å². The molecule has 1 aromatic carbocycles. The standard InChI is InChI=1S/C19H24O3S/c1-2-3-4-8-16(19(20)21)22-13-10-11-15-14-7-5-6-9-17(14)23-18(15)12-13/h10-12,16H,2-9H2,1H3,(H,20,21). The van der Waals surface area contributed by atoms with E-state index in [1.165, 1.54) is 46.2 Å². The summed E-state index contributed by atoms with van der Waals surface area (Å²) < 4.78 is 7.00. The lowest BCUT2D eigenvalue weighted by atomic mass is 9.96. The van der Waals surface area contributed by atoms with E-state index in [-0.39, 0.29) is 0 Å². The lowest BCUT2D eigenvalue weighted by Gasteiger charge is -2.15. The highest BCUT2D eigenvalue weighted by Gasteiger charge is 2.20. The fourth-order valence-corrected chi connectivity index (χ4v) is 4.62. The Bertz CT molecular complexity index is 689. The summed E-state index contributed by atoms with van der Waals surface area (Å²) >= 11 is 1.84. The van der Waals surface area contributed by atoms with Gasteiger partial charge >= 0.3 is 5.97 Å². The molecule has 0 saturated heterocycles. The van der Waals surface area contributed by atoms with E-state index in [1.807, 2.05) is 23.5 Å². The second-order valence-corrected chi connectivity index (χ2v) is 7.45. The Morgan fingerprint density at radius 3 is 2.91 bits per heavy atom. The third-order valence-corrected chi connectivity index (χ3v) is 5.81. The van der Waals surface area contributed by atoms with E-state index in [4.69, 9.17) is 4.74 Å². The fraction of sp³-hybridized carbons (Fsp3) is 0.526. The Morgan fingerprint density at radius 1 is 1.30 bits per heavy atom. The van der Waals surface area contributed by atoms with Gasteiger partial charge in [0.15, 0.2) is 6.10 Å². The highest BCUT2D eigenvalue weighted by atomic mass is 32.1. The molecule has 23 heavy (non-hydrogen) atoms. The van der Waals surface area contributed by atoms with E-state index in [1.54, 1.807) is 0 Å². The minimum absolute atomic E-state index is 0.572. The van der Waals surface area contributed by atoms with Crippen LogP contribution in [0.15, 0.2) is 18.2 Å². The van der Waals surface area contributed by atoms with Crippen LogP contribution in [0.4, 0.5) is 0 Å². The Kier molecular flexibility index (Phi) is 5.21. The minimum Gasteiger partial charge on any atom is -0.479 e. The first-order valence-electron chi connectivity index (χ1n) is 8.62. The molecule has 0 saturated carbocycles. The zero-order chi connectivity index (χ0) is 16.2. The molecular weight excluding hydrogens is 308 g/mol. The van der Waals surface area contributed by atoms with Crippen LogP contribution in [0, 0.1) is 0 Å². The van der Waals surface area contributed by atoms with Crippen molar-refractivity contribution in [1.82, 2.24) is 0 Å². The number of rotatable bonds is 7. The summed E-state index contributed by atoms with van der Waals surface area (Å²) in [5.74, 6) is -0.188. The minimum atomic E-state index is -0.869. The van der Waals surface area contributed by atoms with Gasteiger partial charge in [0.25, 0.3) is 0 Å². The van der Waals surface area contributed by atoms with Crippen LogP contribution in [0.5, 0.6) is 5.75 Å². The molecule has 0 aliphatic heterocycles. The van der Waals surface area contributed by atoms with Crippen LogP contribution in [-0.2, 0) is 17.6 Å². The molecule has 4 heteroatoms. The Morgan fingerprint density at radius 2 is 2.13 bits per heavy atom. The third-order valence-electron chi connectivity index (χ3n) is 4.55. The highest BCUT2D eigenvalue weighted by molar-refractivity contribution is 7.19. The Balaban J connectivity index is 1.78. The van der Waals surface area contributed by atoms with Crippen molar-refractivity contribution in [3.63, 3.8) is 0 Å². The average Bonchev–Trinajstić information content (AvgIpc) is 2.91. The van der Waals surface area contributed by atoms with Crippen LogP contribution in [-0.4, -0.2) is 17.2 Å². The summed E-state index contributed by atoms with van der Waals surface area (Å²) in [4.78, 5) is 12.9. The number of unbranched alkanes of at least 4 members (excludes halogenated alkanes) is 2. The summed E-state index contributed by atoms with van der Waals surface area (Å²) in [6.45, 7) is 2.11. The number of hydrogen-bond donors (Lipinski definition) is 1. The first-order chi connectivity index (χ1) is 11.2. The van der Waals surface area contributed by atoms with Gasteiger partial charge in [0, 0.05) is 9.58 Å². The number of thiophene rings is 1. The number of aliphatic carboxylic acids is 1. The molecule has 0 fully saturated rings. The number of ether oxygens (including phenoxy) is 1. The van der Waals surface area contributed by atoms with Gasteiger partial charge in [-0.1, -0.05) is 19.8 Å². The summed E-state index contributed by atoms with van der Waals surface area (Å²) in [6.07, 6.45) is 7.75. The Labute approximate surface area is 141 Å². The van der Waals surface area contributed by atoms with Crippen molar-refractivity contribution in [3.05, 3.63) is 28.6 Å². The van der Waals surface area contributed by atoms with Gasteiger partial charge in [-0.05, 0) is 67.7 Å². The lowest BCUT2D eigenvalue weighted by molar-refractivity contribution is -0.145. The van der Waals surface area contributed by atoms with E-state index in [0.29, 0.717) is 12.2 Å². The van der Waals surface area contributed by atoms with Gasteiger partial charge in [-0.15, -0.1) is 11.3 Å². The molecule has 1 atom stereocenters. The molecule has 124 valence electrons. The summed E-state index contributed by atoms with van der Waals surface area (Å²) in [7, 11) is 0. The first-order valence-corrected chi connectivity index (χ1v) is 9.44. The van der Waals surface area contributed by atoms with Gasteiger partial charge in [0.1, 0.15) is 5.75 Å². The van der Waals surface area contributed by atoms with Crippen LogP contribution in [0.1, 0.15) is 55.9 Å². The summed E-state index contributed by atoms with van der Waals surface area (Å²) in [6, 6.07) is 6.06. The zero-order valence-corrected chi connectivity index (χ0v) is 14.5. The van der Waals surface area contributed by atoms with E-state index < -0.39 is 12.1 Å². The van der Waals surface area contributed by atoms with Crippen LogP contribution in [0.25, 0.3) is 10.1 Å². The van der Waals surface area contributed by atoms with Crippen molar-refractivity contribution in [2.75, 3.05) is 0 Å². The quantitative estimate of drug-likeness (QED) is 0.710. The molecule has 0 amide bonds. The van der Waals surface area contributed by atoms with Crippen molar-refractivity contribution < 1.29 is 14.6 Å². The number of hydrogen-bond acceptors (Lipinski definition) is 3. The molecule has 3 rings (SSSR count). The summed E-state index contributed by atoms with van der Waals surface area (Å²) in [5.41, 5.74) is 1.50. The molecule has 1 aromatic heterocycles. The van der Waals surface area contributed by atoms with Gasteiger partial charge in [-0.2, -0.15) is 0 Å². The van der Waals surface area contributed by atoms with E-state index in [2.05, 4.69) is 13.0 Å². The van der Waals surface area contributed by atoms with Crippen molar-refractivity contribution in [1.29, 1.82) is 0 Å². The second kappa shape index (κ2) is 7.35. The lowest BCUT2D eigenvalue weighted by Crippen LogP contribution is -2.26. The molecular formula is C19H24O3S. The van der Waals surface area contributed by atoms with Gasteiger partial charge in [0.05, 0.1) is 0 Å². The molecule has 1 aliphatic carbocycles. The van der Waals surface area contributed by atoms with Gasteiger partial charge in [-0.3, -0.25) is 0 Å². The summed E-state index contributed by atoms with van der Waals surface area (Å²) in [5, 5.41) is 10.7. The van der Waals surface area contributed by atoms with E-state index in [0.717, 1.165) is 19.3 Å².